The summed E-state index contributed by atoms with van der Waals surface area (Å²) < 4.78 is 6.53. The molecule has 25 heavy (non-hydrogen) atoms. The summed E-state index contributed by atoms with van der Waals surface area (Å²) >= 11 is 5.72. The molecule has 0 spiro atoms. The lowest BCUT2D eigenvalue weighted by Gasteiger charge is -2.52. The molecular weight excluding hydrogens is 328 g/mol. The Hall–Kier alpha value is -2.59. The van der Waals surface area contributed by atoms with Crippen LogP contribution < -0.4 is 15.0 Å². The number of nitrogens with zero attached hydrogens (tertiary/aromatic N) is 1. The second-order valence-electron chi connectivity index (χ2n) is 6.85. The van der Waals surface area contributed by atoms with Crippen LogP contribution in [0.5, 0.6) is 5.75 Å². The van der Waals surface area contributed by atoms with Crippen LogP contribution in [0.25, 0.3) is 10.8 Å². The molecule has 0 saturated carbocycles. The molecule has 2 heterocycles. The third-order valence-corrected chi connectivity index (χ3v) is 5.48. The zero-order valence-corrected chi connectivity index (χ0v) is 14.7. The van der Waals surface area contributed by atoms with Gasteiger partial charge in [-0.2, -0.15) is 0 Å². The first-order valence-electron chi connectivity index (χ1n) is 8.52. The van der Waals surface area contributed by atoms with Gasteiger partial charge in [-0.3, -0.25) is 4.90 Å². The molecule has 2 aliphatic heterocycles. The number of ether oxygens (including phenoxy) is 1. The first-order chi connectivity index (χ1) is 12.2. The Balaban J connectivity index is 1.68. The number of anilines is 1. The van der Waals surface area contributed by atoms with E-state index in [1.165, 1.54) is 16.3 Å². The third-order valence-electron chi connectivity index (χ3n) is 5.18. The molecule has 1 fully saturated rings. The standard InChI is InChI=1S/C21H18N2OS/c1-21-13-17(22-20(25)23(21)15-8-3-2-4-9-15)19-16-10-6-5-7-14(16)11-12-18(19)24-21/h2-12,17H,13H2,1H3,(H,22,25). The Kier molecular flexibility index (Phi) is 3.06. The molecule has 2 bridgehead atoms. The maximum Gasteiger partial charge on any atom is 0.188 e. The quantitative estimate of drug-likeness (QED) is 0.641. The fourth-order valence-corrected chi connectivity index (χ4v) is 4.58. The zero-order valence-electron chi connectivity index (χ0n) is 13.9. The number of rotatable bonds is 1. The molecule has 2 aliphatic rings. The Morgan fingerprint density at radius 3 is 2.64 bits per heavy atom. The van der Waals surface area contributed by atoms with Gasteiger partial charge in [-0.15, -0.1) is 0 Å². The highest BCUT2D eigenvalue weighted by Gasteiger charge is 2.48. The molecule has 0 radical (unpaired) electrons. The molecule has 2 atom stereocenters. The van der Waals surface area contributed by atoms with Crippen molar-refractivity contribution in [2.45, 2.75) is 25.1 Å². The molecule has 4 heteroatoms. The van der Waals surface area contributed by atoms with Gasteiger partial charge in [-0.05, 0) is 48.1 Å². The molecule has 3 nitrogen and oxygen atoms in total. The van der Waals surface area contributed by atoms with E-state index in [0.717, 1.165) is 17.9 Å². The molecule has 2 unspecified atom stereocenters. The van der Waals surface area contributed by atoms with Crippen molar-refractivity contribution >= 4 is 33.8 Å². The van der Waals surface area contributed by atoms with E-state index in [1.807, 2.05) is 18.2 Å². The lowest BCUT2D eigenvalue weighted by molar-refractivity contribution is 0.0505. The smallest absolute Gasteiger partial charge is 0.188 e. The fraction of sp³-hybridized carbons (Fsp3) is 0.190. The number of hydrogen-bond acceptors (Lipinski definition) is 2. The molecule has 0 aromatic heterocycles. The third kappa shape index (κ3) is 2.14. The van der Waals surface area contributed by atoms with Gasteiger partial charge in [0.25, 0.3) is 0 Å². The molecule has 3 aromatic carbocycles. The van der Waals surface area contributed by atoms with E-state index in [2.05, 4.69) is 65.7 Å². The van der Waals surface area contributed by atoms with E-state index in [-0.39, 0.29) is 6.04 Å². The topological polar surface area (TPSA) is 24.5 Å². The highest BCUT2D eigenvalue weighted by Crippen LogP contribution is 2.47. The summed E-state index contributed by atoms with van der Waals surface area (Å²) in [7, 11) is 0. The number of benzene rings is 3. The van der Waals surface area contributed by atoms with Crippen LogP contribution in [0, 0.1) is 0 Å². The van der Waals surface area contributed by atoms with E-state index in [9.17, 15) is 0 Å². The number of para-hydroxylation sites is 1. The summed E-state index contributed by atoms with van der Waals surface area (Å²) in [5, 5.41) is 6.72. The maximum atomic E-state index is 6.53. The van der Waals surface area contributed by atoms with E-state index in [4.69, 9.17) is 17.0 Å². The molecule has 124 valence electrons. The minimum absolute atomic E-state index is 0.160. The molecule has 3 aromatic rings. The van der Waals surface area contributed by atoms with Gasteiger partial charge in [-0.1, -0.05) is 48.5 Å². The van der Waals surface area contributed by atoms with Crippen molar-refractivity contribution in [2.24, 2.45) is 0 Å². The van der Waals surface area contributed by atoms with Crippen molar-refractivity contribution in [3.63, 3.8) is 0 Å². The Morgan fingerprint density at radius 2 is 1.80 bits per heavy atom. The van der Waals surface area contributed by atoms with Crippen molar-refractivity contribution in [2.75, 3.05) is 4.90 Å². The van der Waals surface area contributed by atoms with Crippen molar-refractivity contribution in [1.29, 1.82) is 0 Å². The molecule has 0 aliphatic carbocycles. The van der Waals surface area contributed by atoms with Gasteiger partial charge in [0.05, 0.1) is 6.04 Å². The molecule has 5 rings (SSSR count). The van der Waals surface area contributed by atoms with E-state index < -0.39 is 5.72 Å². The average molecular weight is 346 g/mol. The van der Waals surface area contributed by atoms with E-state index in [1.54, 1.807) is 0 Å². The number of thiocarbonyl (C=S) groups is 1. The highest BCUT2D eigenvalue weighted by molar-refractivity contribution is 7.80. The summed E-state index contributed by atoms with van der Waals surface area (Å²) in [4.78, 5) is 2.09. The highest BCUT2D eigenvalue weighted by atomic mass is 32.1. The first kappa shape index (κ1) is 14.7. The van der Waals surface area contributed by atoms with Crippen LogP contribution in [-0.2, 0) is 0 Å². The fourth-order valence-electron chi connectivity index (χ4n) is 4.14. The average Bonchev–Trinajstić information content (AvgIpc) is 2.61. The minimum atomic E-state index is -0.496. The van der Waals surface area contributed by atoms with Gasteiger partial charge >= 0.3 is 0 Å². The largest absolute Gasteiger partial charge is 0.467 e. The van der Waals surface area contributed by atoms with Crippen LogP contribution in [-0.4, -0.2) is 10.8 Å². The van der Waals surface area contributed by atoms with Gasteiger partial charge in [0.15, 0.2) is 10.8 Å². The van der Waals surface area contributed by atoms with Gasteiger partial charge in [0.2, 0.25) is 0 Å². The Labute approximate surface area is 152 Å². The molecule has 0 amide bonds. The Morgan fingerprint density at radius 1 is 1.04 bits per heavy atom. The summed E-state index contributed by atoms with van der Waals surface area (Å²) in [5.41, 5.74) is 1.76. The predicted octanol–water partition coefficient (Wildman–Crippen LogP) is 4.77. The normalized spacial score (nSPS) is 24.4. The van der Waals surface area contributed by atoms with Gasteiger partial charge in [0.1, 0.15) is 5.75 Å². The van der Waals surface area contributed by atoms with Crippen molar-refractivity contribution in [3.05, 3.63) is 72.3 Å². The van der Waals surface area contributed by atoms with Crippen LogP contribution in [0.4, 0.5) is 5.69 Å². The molecular formula is C21H18N2OS. The summed E-state index contributed by atoms with van der Waals surface area (Å²) in [5.74, 6) is 0.938. The van der Waals surface area contributed by atoms with Crippen molar-refractivity contribution in [1.82, 2.24) is 5.32 Å². The monoisotopic (exact) mass is 346 g/mol. The van der Waals surface area contributed by atoms with Crippen molar-refractivity contribution < 1.29 is 4.74 Å². The van der Waals surface area contributed by atoms with Gasteiger partial charge in [0, 0.05) is 17.7 Å². The van der Waals surface area contributed by atoms with Crippen LogP contribution in [0.2, 0.25) is 0 Å². The maximum absolute atomic E-state index is 6.53. The van der Waals surface area contributed by atoms with Crippen LogP contribution >= 0.6 is 12.2 Å². The minimum Gasteiger partial charge on any atom is -0.467 e. The SMILES string of the molecule is CC12CC(NC(=S)N1c1ccccc1)c1c(ccc3ccccc13)O2. The summed E-state index contributed by atoms with van der Waals surface area (Å²) in [6, 6.07) is 23.0. The van der Waals surface area contributed by atoms with Crippen LogP contribution in [0.15, 0.2) is 66.7 Å². The zero-order chi connectivity index (χ0) is 17.0. The predicted molar refractivity (Wildman–Crippen MR) is 105 cm³/mol. The Bertz CT molecular complexity index is 988. The molecule has 1 saturated heterocycles. The molecule has 1 N–H and O–H groups in total. The van der Waals surface area contributed by atoms with Crippen LogP contribution in [0.3, 0.4) is 0 Å². The first-order valence-corrected chi connectivity index (χ1v) is 8.93. The van der Waals surface area contributed by atoms with Crippen molar-refractivity contribution in [3.8, 4) is 5.75 Å². The number of nitrogens with one attached hydrogen (secondary N) is 1. The van der Waals surface area contributed by atoms with E-state index >= 15 is 0 Å². The second-order valence-corrected chi connectivity index (χ2v) is 7.24. The summed E-state index contributed by atoms with van der Waals surface area (Å²) in [6.45, 7) is 2.12. The lowest BCUT2D eigenvalue weighted by atomic mass is 9.87. The number of hydrogen-bond donors (Lipinski definition) is 1. The van der Waals surface area contributed by atoms with E-state index in [0.29, 0.717) is 5.11 Å². The number of fused-ring (bicyclic) bond motifs is 6. The van der Waals surface area contributed by atoms with Gasteiger partial charge < -0.3 is 10.1 Å². The summed E-state index contributed by atoms with van der Waals surface area (Å²) in [6.07, 6.45) is 0.836. The van der Waals surface area contributed by atoms with Gasteiger partial charge in [-0.25, -0.2) is 0 Å². The second kappa shape index (κ2) is 5.20. The lowest BCUT2D eigenvalue weighted by Crippen LogP contribution is -2.65. The van der Waals surface area contributed by atoms with Crippen LogP contribution in [0.1, 0.15) is 24.9 Å².